The Morgan fingerprint density at radius 1 is 0.941 bits per heavy atom. The molecule has 2 aromatic carbocycles. The smallest absolute Gasteiger partial charge is 0.416 e. The topological polar surface area (TPSA) is 61.9 Å². The number of rotatable bonds is 2. The summed E-state index contributed by atoms with van der Waals surface area (Å²) in [7, 11) is 0. The van der Waals surface area contributed by atoms with Crippen LogP contribution in [0.15, 0.2) is 42.5 Å². The minimum absolute atomic E-state index is 0.0106. The van der Waals surface area contributed by atoms with E-state index < -0.39 is 11.7 Å². The number of fused-ring (bicyclic) bond motifs is 1. The number of carbonyl (C=O) groups excluding carboxylic acids is 2. The Morgan fingerprint density at radius 2 is 1.62 bits per heavy atom. The van der Waals surface area contributed by atoms with Crippen molar-refractivity contribution >= 4 is 17.6 Å². The van der Waals surface area contributed by atoms with Crippen molar-refractivity contribution in [3.63, 3.8) is 0 Å². The van der Waals surface area contributed by atoms with Gasteiger partial charge in [-0.1, -0.05) is 12.1 Å². The van der Waals surface area contributed by atoms with E-state index in [0.29, 0.717) is 49.8 Å². The molecule has 2 aromatic rings. The fourth-order valence-electron chi connectivity index (χ4n) is 5.20. The van der Waals surface area contributed by atoms with Gasteiger partial charge in [0.1, 0.15) is 5.75 Å². The molecule has 3 heterocycles. The number of nitrogens with zero attached hydrogens (tertiary/aromatic N) is 2. The van der Waals surface area contributed by atoms with Crippen molar-refractivity contribution < 1.29 is 27.5 Å². The molecule has 0 saturated carbocycles. The predicted octanol–water partition coefficient (Wildman–Crippen LogP) is 4.80. The second-order valence-corrected chi connectivity index (χ2v) is 9.36. The fraction of sp³-hybridized carbons (Fsp3) is 0.440. The van der Waals surface area contributed by atoms with Crippen LogP contribution in [0.1, 0.15) is 40.7 Å². The Labute approximate surface area is 195 Å². The highest BCUT2D eigenvalue weighted by molar-refractivity contribution is 5.97. The number of hydrogen-bond donors (Lipinski definition) is 1. The summed E-state index contributed by atoms with van der Waals surface area (Å²) in [4.78, 5) is 29.4. The SMILES string of the molecule is O=C(Nc1ccc(C(F)(F)F)cc1)N1CCC2(CCN(C(=O)c3cccc4c3OCC4)CC2)C1. The van der Waals surface area contributed by atoms with E-state index in [1.807, 2.05) is 23.1 Å². The number of halogens is 3. The maximum absolute atomic E-state index is 13.1. The van der Waals surface area contributed by atoms with Crippen molar-refractivity contribution in [1.82, 2.24) is 9.80 Å². The van der Waals surface area contributed by atoms with E-state index in [0.717, 1.165) is 43.4 Å². The van der Waals surface area contributed by atoms with Crippen LogP contribution in [0, 0.1) is 5.41 Å². The van der Waals surface area contributed by atoms with Gasteiger partial charge in [-0.3, -0.25) is 4.79 Å². The Morgan fingerprint density at radius 3 is 2.29 bits per heavy atom. The van der Waals surface area contributed by atoms with Crippen LogP contribution in [0.3, 0.4) is 0 Å². The first-order valence-electron chi connectivity index (χ1n) is 11.5. The number of ether oxygens (including phenoxy) is 1. The third kappa shape index (κ3) is 4.31. The molecule has 2 saturated heterocycles. The third-order valence-corrected chi connectivity index (χ3v) is 7.25. The number of carbonyl (C=O) groups is 2. The molecule has 0 radical (unpaired) electrons. The zero-order valence-corrected chi connectivity index (χ0v) is 18.7. The summed E-state index contributed by atoms with van der Waals surface area (Å²) in [5.41, 5.74) is 1.24. The van der Waals surface area contributed by atoms with Crippen LogP contribution in [-0.4, -0.2) is 54.5 Å². The lowest BCUT2D eigenvalue weighted by Gasteiger charge is -2.39. The molecule has 9 heteroatoms. The third-order valence-electron chi connectivity index (χ3n) is 7.25. The van der Waals surface area contributed by atoms with E-state index in [2.05, 4.69) is 5.32 Å². The van der Waals surface area contributed by atoms with Crippen molar-refractivity contribution in [3.8, 4) is 5.75 Å². The van der Waals surface area contributed by atoms with Crippen molar-refractivity contribution in [2.24, 2.45) is 5.41 Å². The number of para-hydroxylation sites is 1. The lowest BCUT2D eigenvalue weighted by atomic mass is 9.77. The first-order chi connectivity index (χ1) is 16.2. The second kappa shape index (κ2) is 8.52. The maximum atomic E-state index is 13.1. The lowest BCUT2D eigenvalue weighted by Crippen LogP contribution is -2.45. The van der Waals surface area contributed by atoms with Gasteiger partial charge in [0.15, 0.2) is 0 Å². The molecule has 3 aliphatic rings. The molecule has 2 fully saturated rings. The standard InChI is InChI=1S/C25H26F3N3O3/c26-25(27,28)18-4-6-19(7-5-18)29-23(33)31-14-11-24(16-31)9-12-30(13-10-24)22(32)20-3-1-2-17-8-15-34-21(17)20/h1-7H,8-16H2,(H,29,33). The quantitative estimate of drug-likeness (QED) is 0.682. The van der Waals surface area contributed by atoms with Gasteiger partial charge in [-0.15, -0.1) is 0 Å². The van der Waals surface area contributed by atoms with Crippen molar-refractivity contribution in [1.29, 1.82) is 0 Å². The monoisotopic (exact) mass is 473 g/mol. The molecule has 0 bridgehead atoms. The molecule has 34 heavy (non-hydrogen) atoms. The Bertz CT molecular complexity index is 1090. The summed E-state index contributed by atoms with van der Waals surface area (Å²) < 4.78 is 43.9. The number of nitrogens with one attached hydrogen (secondary N) is 1. The number of benzene rings is 2. The number of hydrogen-bond acceptors (Lipinski definition) is 3. The highest BCUT2D eigenvalue weighted by atomic mass is 19.4. The summed E-state index contributed by atoms with van der Waals surface area (Å²) >= 11 is 0. The van der Waals surface area contributed by atoms with Gasteiger partial charge in [0, 0.05) is 38.3 Å². The van der Waals surface area contributed by atoms with Crippen LogP contribution in [-0.2, 0) is 12.6 Å². The average molecular weight is 473 g/mol. The predicted molar refractivity (Wildman–Crippen MR) is 120 cm³/mol. The number of amides is 3. The van der Waals surface area contributed by atoms with E-state index in [1.165, 1.54) is 12.1 Å². The molecule has 1 N–H and O–H groups in total. The number of likely N-dealkylation sites (tertiary alicyclic amines) is 2. The Kier molecular flexibility index (Phi) is 5.65. The molecule has 3 aliphatic heterocycles. The van der Waals surface area contributed by atoms with Gasteiger partial charge in [0.2, 0.25) is 0 Å². The van der Waals surface area contributed by atoms with Gasteiger partial charge in [-0.05, 0) is 60.6 Å². The molecule has 5 rings (SSSR count). The molecular weight excluding hydrogens is 447 g/mol. The largest absolute Gasteiger partial charge is 0.492 e. The normalized spacial score (nSPS) is 19.1. The summed E-state index contributed by atoms with van der Waals surface area (Å²) in [5, 5.41) is 2.70. The summed E-state index contributed by atoms with van der Waals surface area (Å²) in [6.07, 6.45) is -1.13. The second-order valence-electron chi connectivity index (χ2n) is 9.36. The molecule has 6 nitrogen and oxygen atoms in total. The van der Waals surface area contributed by atoms with Crippen molar-refractivity contribution in [2.45, 2.75) is 31.9 Å². The van der Waals surface area contributed by atoms with Crippen LogP contribution in [0.4, 0.5) is 23.7 Å². The van der Waals surface area contributed by atoms with Crippen molar-refractivity contribution in [2.75, 3.05) is 38.1 Å². The molecular formula is C25H26F3N3O3. The van der Waals surface area contributed by atoms with Crippen molar-refractivity contribution in [3.05, 3.63) is 59.2 Å². The van der Waals surface area contributed by atoms with Crippen LogP contribution in [0.5, 0.6) is 5.75 Å². The van der Waals surface area contributed by atoms with Gasteiger partial charge in [-0.25, -0.2) is 4.79 Å². The molecule has 1 spiro atoms. The van der Waals surface area contributed by atoms with Gasteiger partial charge in [0.25, 0.3) is 5.91 Å². The van der Waals surface area contributed by atoms with Crippen LogP contribution in [0.2, 0.25) is 0 Å². The van der Waals surface area contributed by atoms with E-state index in [9.17, 15) is 22.8 Å². The molecule has 3 amide bonds. The van der Waals surface area contributed by atoms with E-state index in [-0.39, 0.29) is 17.4 Å². The van der Waals surface area contributed by atoms with E-state index in [4.69, 9.17) is 4.74 Å². The number of alkyl halides is 3. The van der Waals surface area contributed by atoms with Gasteiger partial charge in [0.05, 0.1) is 17.7 Å². The zero-order valence-electron chi connectivity index (χ0n) is 18.7. The van der Waals surface area contributed by atoms with E-state index >= 15 is 0 Å². The highest BCUT2D eigenvalue weighted by Crippen LogP contribution is 2.41. The molecule has 0 atom stereocenters. The van der Waals surface area contributed by atoms with Gasteiger partial charge in [-0.2, -0.15) is 13.2 Å². The molecule has 0 aliphatic carbocycles. The Hall–Kier alpha value is -3.23. The first-order valence-corrected chi connectivity index (χ1v) is 11.5. The minimum Gasteiger partial charge on any atom is -0.492 e. The summed E-state index contributed by atoms with van der Waals surface area (Å²) in [6, 6.07) is 9.85. The van der Waals surface area contributed by atoms with Crippen LogP contribution in [0.25, 0.3) is 0 Å². The molecule has 0 unspecified atom stereocenters. The number of urea groups is 1. The van der Waals surface area contributed by atoms with Crippen LogP contribution >= 0.6 is 0 Å². The zero-order chi connectivity index (χ0) is 23.9. The fourth-order valence-corrected chi connectivity index (χ4v) is 5.20. The Balaban J connectivity index is 1.17. The number of anilines is 1. The average Bonchev–Trinajstić information content (AvgIpc) is 3.46. The lowest BCUT2D eigenvalue weighted by molar-refractivity contribution is -0.137. The maximum Gasteiger partial charge on any atom is 0.416 e. The van der Waals surface area contributed by atoms with Gasteiger partial charge < -0.3 is 19.9 Å². The summed E-state index contributed by atoms with van der Waals surface area (Å²) in [6.45, 7) is 3.01. The number of piperidine rings is 1. The molecule has 180 valence electrons. The van der Waals surface area contributed by atoms with E-state index in [1.54, 1.807) is 4.90 Å². The highest BCUT2D eigenvalue weighted by Gasteiger charge is 2.43. The molecule has 0 aromatic heterocycles. The van der Waals surface area contributed by atoms with Gasteiger partial charge >= 0.3 is 12.2 Å². The van der Waals surface area contributed by atoms with Crippen LogP contribution < -0.4 is 10.1 Å². The first kappa shape index (κ1) is 22.6. The summed E-state index contributed by atoms with van der Waals surface area (Å²) in [5.74, 6) is 0.697. The minimum atomic E-state index is -4.41.